The maximum Gasteiger partial charge on any atom is 0.317 e. The molecular weight excluding hydrogens is 348 g/mol. The van der Waals surface area contributed by atoms with Crippen molar-refractivity contribution >= 4 is 28.9 Å². The maximum atomic E-state index is 12.8. The van der Waals surface area contributed by atoms with Gasteiger partial charge in [-0.1, -0.05) is 53.6 Å². The van der Waals surface area contributed by atoms with Crippen LogP contribution >= 0.6 is 11.6 Å². The molecule has 0 N–H and O–H groups in total. The summed E-state index contributed by atoms with van der Waals surface area (Å²) in [5.74, 6) is -1.74. The molecular formula is C22H21ClO3. The van der Waals surface area contributed by atoms with Gasteiger partial charge in [0.05, 0.1) is 6.61 Å². The van der Waals surface area contributed by atoms with Gasteiger partial charge in [0.1, 0.15) is 5.92 Å². The molecule has 0 aromatic heterocycles. The van der Waals surface area contributed by atoms with Crippen LogP contribution in [0, 0.1) is 12.8 Å². The van der Waals surface area contributed by atoms with Gasteiger partial charge < -0.3 is 4.74 Å². The molecule has 0 bridgehead atoms. The first kappa shape index (κ1) is 18.4. The van der Waals surface area contributed by atoms with Gasteiger partial charge in [-0.3, -0.25) is 9.59 Å². The number of aryl methyl sites for hydroxylation is 1. The number of ketones is 1. The fourth-order valence-corrected chi connectivity index (χ4v) is 3.58. The van der Waals surface area contributed by atoms with Crippen molar-refractivity contribution in [1.29, 1.82) is 0 Å². The molecule has 134 valence electrons. The number of rotatable bonds is 4. The quantitative estimate of drug-likeness (QED) is 0.565. The van der Waals surface area contributed by atoms with Crippen LogP contribution in [-0.4, -0.2) is 18.4 Å². The molecule has 0 radical (unpaired) electrons. The zero-order chi connectivity index (χ0) is 18.7. The van der Waals surface area contributed by atoms with Crippen molar-refractivity contribution in [3.05, 3.63) is 76.3 Å². The molecule has 0 saturated heterocycles. The lowest BCUT2D eigenvalue weighted by molar-refractivity contribution is -0.151. The van der Waals surface area contributed by atoms with Gasteiger partial charge in [0.25, 0.3) is 0 Å². The maximum absolute atomic E-state index is 12.8. The average molecular weight is 369 g/mol. The van der Waals surface area contributed by atoms with Crippen molar-refractivity contribution in [1.82, 2.24) is 0 Å². The van der Waals surface area contributed by atoms with Gasteiger partial charge in [0, 0.05) is 10.9 Å². The number of allylic oxidation sites excluding steroid dienone is 2. The largest absolute Gasteiger partial charge is 0.465 e. The van der Waals surface area contributed by atoms with E-state index in [9.17, 15) is 9.59 Å². The summed E-state index contributed by atoms with van der Waals surface area (Å²) in [5, 5.41) is 0.623. The van der Waals surface area contributed by atoms with E-state index in [1.54, 1.807) is 25.1 Å². The minimum atomic E-state index is -0.815. The Kier molecular flexibility index (Phi) is 5.58. The van der Waals surface area contributed by atoms with Gasteiger partial charge in [-0.2, -0.15) is 0 Å². The van der Waals surface area contributed by atoms with E-state index in [1.807, 2.05) is 37.3 Å². The zero-order valence-corrected chi connectivity index (χ0v) is 15.6. The Labute approximate surface area is 158 Å². The molecule has 0 spiro atoms. The number of halogens is 1. The van der Waals surface area contributed by atoms with Crippen LogP contribution in [0.4, 0.5) is 0 Å². The van der Waals surface area contributed by atoms with Crippen LogP contribution in [0.2, 0.25) is 5.02 Å². The third kappa shape index (κ3) is 3.88. The molecule has 0 fully saturated rings. The van der Waals surface area contributed by atoms with E-state index in [4.69, 9.17) is 16.3 Å². The Balaban J connectivity index is 2.02. The van der Waals surface area contributed by atoms with Crippen LogP contribution in [-0.2, 0) is 14.3 Å². The van der Waals surface area contributed by atoms with E-state index in [0.29, 0.717) is 11.4 Å². The lowest BCUT2D eigenvalue weighted by Crippen LogP contribution is -2.34. The summed E-state index contributed by atoms with van der Waals surface area (Å²) in [4.78, 5) is 25.3. The second-order valence-corrected chi connectivity index (χ2v) is 6.97. The Morgan fingerprint density at radius 1 is 1.19 bits per heavy atom. The first-order chi connectivity index (χ1) is 12.5. The van der Waals surface area contributed by atoms with Crippen molar-refractivity contribution < 1.29 is 14.3 Å². The standard InChI is InChI=1S/C22H21ClO3/c1-3-26-22(25)21-19(15-7-9-18(23)10-8-15)12-17(13-20(21)24)16-6-4-5-14(2)11-16/h4-11,13,19,21H,3,12H2,1-2H3. The van der Waals surface area contributed by atoms with Crippen LogP contribution in [0.3, 0.4) is 0 Å². The summed E-state index contributed by atoms with van der Waals surface area (Å²) in [6, 6.07) is 15.4. The van der Waals surface area contributed by atoms with Crippen molar-refractivity contribution in [3.8, 4) is 0 Å². The number of ether oxygens (including phenoxy) is 1. The minimum Gasteiger partial charge on any atom is -0.465 e. The van der Waals surface area contributed by atoms with Crippen molar-refractivity contribution in [2.75, 3.05) is 6.61 Å². The molecule has 2 unspecified atom stereocenters. The highest BCUT2D eigenvalue weighted by Crippen LogP contribution is 2.40. The SMILES string of the molecule is CCOC(=O)C1C(=O)C=C(c2cccc(C)c2)CC1c1ccc(Cl)cc1. The molecule has 0 amide bonds. The molecule has 3 rings (SSSR count). The van der Waals surface area contributed by atoms with Gasteiger partial charge in [0.15, 0.2) is 5.78 Å². The lowest BCUT2D eigenvalue weighted by atomic mass is 9.73. The van der Waals surface area contributed by atoms with Crippen molar-refractivity contribution in [2.24, 2.45) is 5.92 Å². The van der Waals surface area contributed by atoms with Gasteiger partial charge in [-0.05, 0) is 55.2 Å². The van der Waals surface area contributed by atoms with E-state index in [2.05, 4.69) is 6.07 Å². The number of hydrogen-bond acceptors (Lipinski definition) is 3. The highest BCUT2D eigenvalue weighted by Gasteiger charge is 2.39. The Morgan fingerprint density at radius 2 is 1.92 bits per heavy atom. The molecule has 26 heavy (non-hydrogen) atoms. The smallest absolute Gasteiger partial charge is 0.317 e. The molecule has 2 atom stereocenters. The molecule has 0 aliphatic heterocycles. The number of carbonyl (C=O) groups excluding carboxylic acids is 2. The second-order valence-electron chi connectivity index (χ2n) is 6.53. The minimum absolute atomic E-state index is 0.203. The summed E-state index contributed by atoms with van der Waals surface area (Å²) in [6.45, 7) is 4.02. The lowest BCUT2D eigenvalue weighted by Gasteiger charge is -2.29. The summed E-state index contributed by atoms with van der Waals surface area (Å²) >= 11 is 6.00. The summed E-state index contributed by atoms with van der Waals surface area (Å²) in [5.41, 5.74) is 4.00. The topological polar surface area (TPSA) is 43.4 Å². The molecule has 4 heteroatoms. The Morgan fingerprint density at radius 3 is 2.58 bits per heavy atom. The summed E-state index contributed by atoms with van der Waals surface area (Å²) in [7, 11) is 0. The Bertz CT molecular complexity index is 852. The first-order valence-corrected chi connectivity index (χ1v) is 9.11. The molecule has 1 aliphatic rings. The highest BCUT2D eigenvalue weighted by atomic mass is 35.5. The van der Waals surface area contributed by atoms with Crippen LogP contribution < -0.4 is 0 Å². The van der Waals surface area contributed by atoms with Crippen LogP contribution in [0.15, 0.2) is 54.6 Å². The third-order valence-electron chi connectivity index (χ3n) is 4.69. The van der Waals surface area contributed by atoms with E-state index in [-0.39, 0.29) is 18.3 Å². The molecule has 3 nitrogen and oxygen atoms in total. The second kappa shape index (κ2) is 7.88. The average Bonchev–Trinajstić information content (AvgIpc) is 2.62. The van der Waals surface area contributed by atoms with Gasteiger partial charge in [-0.25, -0.2) is 0 Å². The van der Waals surface area contributed by atoms with Crippen LogP contribution in [0.25, 0.3) is 5.57 Å². The number of benzene rings is 2. The fourth-order valence-electron chi connectivity index (χ4n) is 3.45. The highest BCUT2D eigenvalue weighted by molar-refractivity contribution is 6.30. The van der Waals surface area contributed by atoms with E-state index < -0.39 is 11.9 Å². The Hall–Kier alpha value is -2.39. The van der Waals surface area contributed by atoms with Crippen molar-refractivity contribution in [2.45, 2.75) is 26.2 Å². The summed E-state index contributed by atoms with van der Waals surface area (Å²) < 4.78 is 5.17. The van der Waals surface area contributed by atoms with E-state index in [1.165, 1.54) is 0 Å². The third-order valence-corrected chi connectivity index (χ3v) is 4.94. The molecule has 0 saturated carbocycles. The predicted molar refractivity (Wildman–Crippen MR) is 103 cm³/mol. The zero-order valence-electron chi connectivity index (χ0n) is 14.9. The van der Waals surface area contributed by atoms with Gasteiger partial charge in [0.2, 0.25) is 0 Å². The number of carbonyl (C=O) groups is 2. The monoisotopic (exact) mass is 368 g/mol. The summed E-state index contributed by atoms with van der Waals surface area (Å²) in [6.07, 6.45) is 2.20. The van der Waals surface area contributed by atoms with Crippen LogP contribution in [0.1, 0.15) is 36.0 Å². The van der Waals surface area contributed by atoms with Crippen molar-refractivity contribution in [3.63, 3.8) is 0 Å². The molecule has 0 heterocycles. The molecule has 2 aromatic rings. The normalized spacial score (nSPS) is 19.8. The molecule has 2 aromatic carbocycles. The van der Waals surface area contributed by atoms with E-state index in [0.717, 1.165) is 22.3 Å². The predicted octanol–water partition coefficient (Wildman–Crippen LogP) is 4.97. The first-order valence-electron chi connectivity index (χ1n) is 8.73. The van der Waals surface area contributed by atoms with E-state index >= 15 is 0 Å². The van der Waals surface area contributed by atoms with Gasteiger partial charge in [-0.15, -0.1) is 0 Å². The van der Waals surface area contributed by atoms with Crippen LogP contribution in [0.5, 0.6) is 0 Å². The number of hydrogen-bond donors (Lipinski definition) is 0. The van der Waals surface area contributed by atoms with Gasteiger partial charge >= 0.3 is 5.97 Å². The number of esters is 1. The fraction of sp³-hybridized carbons (Fsp3) is 0.273. The molecule has 1 aliphatic carbocycles.